The molecule has 1 heterocycles. The van der Waals surface area contributed by atoms with Crippen molar-refractivity contribution in [3.8, 4) is 34.6 Å². The Bertz CT molecular complexity index is 1560. The van der Waals surface area contributed by atoms with Crippen LogP contribution < -0.4 is 19.5 Å². The van der Waals surface area contributed by atoms with Gasteiger partial charge in [-0.3, -0.25) is 4.79 Å². The SMILES string of the molecule is COc1ccc(CCOc2nc(-c3ccc(OC)cc3)n(-c3ccc(NC(=O)c4ccc(C)cc4)cc3)n2)cc1. The normalized spacial score (nSPS) is 10.7. The maximum atomic E-state index is 12.6. The molecule has 0 saturated heterocycles. The van der Waals surface area contributed by atoms with Crippen molar-refractivity contribution in [1.82, 2.24) is 14.8 Å². The quantitative estimate of drug-likeness (QED) is 0.232. The smallest absolute Gasteiger partial charge is 0.336 e. The van der Waals surface area contributed by atoms with Gasteiger partial charge in [0.2, 0.25) is 0 Å². The molecule has 8 heteroatoms. The number of nitrogens with one attached hydrogen (secondary N) is 1. The van der Waals surface area contributed by atoms with Gasteiger partial charge in [-0.2, -0.15) is 4.98 Å². The van der Waals surface area contributed by atoms with Gasteiger partial charge in [0, 0.05) is 23.2 Å². The monoisotopic (exact) mass is 534 g/mol. The molecule has 5 rings (SSSR count). The number of anilines is 1. The molecule has 0 aliphatic carbocycles. The fourth-order valence-corrected chi connectivity index (χ4v) is 4.11. The first-order valence-electron chi connectivity index (χ1n) is 12.9. The lowest BCUT2D eigenvalue weighted by atomic mass is 10.1. The largest absolute Gasteiger partial charge is 0.497 e. The van der Waals surface area contributed by atoms with Gasteiger partial charge >= 0.3 is 6.01 Å². The van der Waals surface area contributed by atoms with E-state index in [0.717, 1.165) is 33.9 Å². The second kappa shape index (κ2) is 12.2. The van der Waals surface area contributed by atoms with Crippen LogP contribution in [0.5, 0.6) is 17.5 Å². The van der Waals surface area contributed by atoms with Gasteiger partial charge in [0.1, 0.15) is 11.5 Å². The van der Waals surface area contributed by atoms with Crippen LogP contribution in [0.4, 0.5) is 5.69 Å². The Morgan fingerprint density at radius 2 is 1.43 bits per heavy atom. The second-order valence-corrected chi connectivity index (χ2v) is 9.17. The van der Waals surface area contributed by atoms with Gasteiger partial charge in [-0.15, -0.1) is 5.10 Å². The van der Waals surface area contributed by atoms with Gasteiger partial charge in [0.05, 0.1) is 26.5 Å². The number of hydrogen-bond donors (Lipinski definition) is 1. The van der Waals surface area contributed by atoms with Crippen LogP contribution in [-0.4, -0.2) is 41.5 Å². The van der Waals surface area contributed by atoms with Gasteiger partial charge < -0.3 is 19.5 Å². The standard InChI is InChI=1S/C32H30N4O4/c1-22-4-8-25(9-5-22)31(37)33-26-12-14-27(15-13-26)36-30(24-10-18-29(39-3)19-11-24)34-32(35-36)40-21-20-23-6-16-28(38-2)17-7-23/h4-19H,20-21H2,1-3H3,(H,33,37). The van der Waals surface area contributed by atoms with E-state index in [4.69, 9.17) is 14.2 Å². The zero-order valence-corrected chi connectivity index (χ0v) is 22.6. The van der Waals surface area contributed by atoms with Crippen molar-refractivity contribution in [3.05, 3.63) is 114 Å². The number of nitrogens with zero attached hydrogens (tertiary/aromatic N) is 3. The van der Waals surface area contributed by atoms with Gasteiger partial charge in [-0.1, -0.05) is 29.8 Å². The Hall–Kier alpha value is -5.11. The third-order valence-electron chi connectivity index (χ3n) is 6.40. The Morgan fingerprint density at radius 1 is 0.800 bits per heavy atom. The molecule has 40 heavy (non-hydrogen) atoms. The van der Waals surface area contributed by atoms with Crippen molar-refractivity contribution in [3.63, 3.8) is 0 Å². The summed E-state index contributed by atoms with van der Waals surface area (Å²) < 4.78 is 18.2. The summed E-state index contributed by atoms with van der Waals surface area (Å²) in [5.74, 6) is 2.02. The Balaban J connectivity index is 1.35. The zero-order chi connectivity index (χ0) is 27.9. The summed E-state index contributed by atoms with van der Waals surface area (Å²) >= 11 is 0. The van der Waals surface area contributed by atoms with Crippen molar-refractivity contribution < 1.29 is 19.0 Å². The van der Waals surface area contributed by atoms with E-state index < -0.39 is 0 Å². The minimum atomic E-state index is -0.167. The molecule has 0 saturated carbocycles. The highest BCUT2D eigenvalue weighted by atomic mass is 16.5. The van der Waals surface area contributed by atoms with E-state index in [2.05, 4.69) is 15.4 Å². The van der Waals surface area contributed by atoms with Crippen LogP contribution in [0, 0.1) is 6.92 Å². The van der Waals surface area contributed by atoms with E-state index in [1.807, 2.05) is 104 Å². The van der Waals surface area contributed by atoms with Crippen LogP contribution >= 0.6 is 0 Å². The number of hydrogen-bond acceptors (Lipinski definition) is 6. The molecule has 202 valence electrons. The minimum Gasteiger partial charge on any atom is -0.497 e. The Kier molecular flexibility index (Phi) is 8.06. The number of ether oxygens (including phenoxy) is 3. The number of amides is 1. The minimum absolute atomic E-state index is 0.167. The molecule has 0 atom stereocenters. The first-order chi connectivity index (χ1) is 19.5. The third-order valence-corrected chi connectivity index (χ3v) is 6.40. The molecular weight excluding hydrogens is 504 g/mol. The van der Waals surface area contributed by atoms with E-state index in [9.17, 15) is 4.79 Å². The highest BCUT2D eigenvalue weighted by molar-refractivity contribution is 6.04. The molecular formula is C32H30N4O4. The number of rotatable bonds is 10. The summed E-state index contributed by atoms with van der Waals surface area (Å²) in [5.41, 5.74) is 5.14. The number of aryl methyl sites for hydroxylation is 1. The van der Waals surface area contributed by atoms with Crippen molar-refractivity contribution in [2.75, 3.05) is 26.1 Å². The molecule has 1 N–H and O–H groups in total. The summed E-state index contributed by atoms with van der Waals surface area (Å²) in [4.78, 5) is 17.3. The first kappa shape index (κ1) is 26.5. The van der Waals surface area contributed by atoms with Gasteiger partial charge in [-0.05, 0) is 85.3 Å². The third kappa shape index (κ3) is 6.30. The molecule has 0 bridgehead atoms. The van der Waals surface area contributed by atoms with Crippen LogP contribution in [0.2, 0.25) is 0 Å². The maximum Gasteiger partial charge on any atom is 0.336 e. The molecule has 4 aromatic carbocycles. The lowest BCUT2D eigenvalue weighted by molar-refractivity contribution is 0.102. The fourth-order valence-electron chi connectivity index (χ4n) is 4.11. The average molecular weight is 535 g/mol. The molecule has 1 aromatic heterocycles. The van der Waals surface area contributed by atoms with E-state index in [-0.39, 0.29) is 11.9 Å². The molecule has 5 aromatic rings. The van der Waals surface area contributed by atoms with Crippen LogP contribution in [0.25, 0.3) is 17.1 Å². The van der Waals surface area contributed by atoms with E-state index in [0.29, 0.717) is 30.1 Å². The number of carbonyl (C=O) groups excluding carboxylic acids is 1. The van der Waals surface area contributed by atoms with E-state index in [1.165, 1.54) is 0 Å². The summed E-state index contributed by atoms with van der Waals surface area (Å²) in [6.07, 6.45) is 0.700. The number of carbonyl (C=O) groups is 1. The maximum absolute atomic E-state index is 12.6. The van der Waals surface area contributed by atoms with Crippen molar-refractivity contribution in [1.29, 1.82) is 0 Å². The number of aromatic nitrogens is 3. The summed E-state index contributed by atoms with van der Waals surface area (Å²) in [7, 11) is 3.28. The average Bonchev–Trinajstić information content (AvgIpc) is 3.42. The molecule has 0 fully saturated rings. The van der Waals surface area contributed by atoms with Gasteiger partial charge in [0.15, 0.2) is 5.82 Å². The molecule has 0 aliphatic rings. The number of benzene rings is 4. The summed E-state index contributed by atoms with van der Waals surface area (Å²) in [6, 6.07) is 30.7. The lowest BCUT2D eigenvalue weighted by Gasteiger charge is -2.09. The van der Waals surface area contributed by atoms with Crippen molar-refractivity contribution in [2.45, 2.75) is 13.3 Å². The predicted molar refractivity (Wildman–Crippen MR) is 155 cm³/mol. The van der Waals surface area contributed by atoms with Crippen molar-refractivity contribution >= 4 is 11.6 Å². The highest BCUT2D eigenvalue weighted by Gasteiger charge is 2.16. The van der Waals surface area contributed by atoms with Gasteiger partial charge in [-0.25, -0.2) is 4.68 Å². The molecule has 1 amide bonds. The van der Waals surface area contributed by atoms with Crippen LogP contribution in [0.15, 0.2) is 97.1 Å². The Morgan fingerprint density at radius 3 is 2.05 bits per heavy atom. The van der Waals surface area contributed by atoms with Gasteiger partial charge in [0.25, 0.3) is 5.91 Å². The van der Waals surface area contributed by atoms with Crippen LogP contribution in [-0.2, 0) is 6.42 Å². The van der Waals surface area contributed by atoms with Crippen LogP contribution in [0.3, 0.4) is 0 Å². The molecule has 8 nitrogen and oxygen atoms in total. The number of methoxy groups -OCH3 is 2. The second-order valence-electron chi connectivity index (χ2n) is 9.17. The molecule has 0 radical (unpaired) electrons. The molecule has 0 unspecified atom stereocenters. The highest BCUT2D eigenvalue weighted by Crippen LogP contribution is 2.26. The summed E-state index contributed by atoms with van der Waals surface area (Å²) in [6.45, 7) is 2.41. The van der Waals surface area contributed by atoms with E-state index >= 15 is 0 Å². The fraction of sp³-hybridized carbons (Fsp3) is 0.156. The predicted octanol–water partition coefficient (Wildman–Crippen LogP) is 6.13. The zero-order valence-electron chi connectivity index (χ0n) is 22.6. The Labute approximate surface area is 233 Å². The summed E-state index contributed by atoms with van der Waals surface area (Å²) in [5, 5.41) is 7.59. The van der Waals surface area contributed by atoms with E-state index in [1.54, 1.807) is 18.9 Å². The topological polar surface area (TPSA) is 87.5 Å². The molecule has 0 aliphatic heterocycles. The lowest BCUT2D eigenvalue weighted by Crippen LogP contribution is -2.11. The molecule has 0 spiro atoms. The van der Waals surface area contributed by atoms with Crippen LogP contribution in [0.1, 0.15) is 21.5 Å². The van der Waals surface area contributed by atoms with Crippen molar-refractivity contribution in [2.24, 2.45) is 0 Å². The first-order valence-corrected chi connectivity index (χ1v) is 12.9.